The molecule has 0 spiro atoms. The van der Waals surface area contributed by atoms with Gasteiger partial charge in [-0.25, -0.2) is 0 Å². The number of phenols is 11. The van der Waals surface area contributed by atoms with Crippen LogP contribution in [0.5, 0.6) is 86.2 Å². The average molecular weight is 1020 g/mol. The van der Waals surface area contributed by atoms with Crippen molar-refractivity contribution in [3.63, 3.8) is 0 Å². The average Bonchev–Trinajstić information content (AvgIpc) is 3.35. The molecule has 0 radical (unpaired) electrons. The first-order valence-corrected chi connectivity index (χ1v) is 23.2. The number of ether oxygens (including phenoxy) is 5. The SMILES string of the molecule is CCC(O)CO[C@H]1Cc2c(O)cc(O)cc2O[C@@H]1c1ccc(O)c(O)c1.CCC(O)COc1cc([C@H]2Oc3cc(O)cc(O)c3C[C@@H]2O)ccc1O.Oc1cc(O)c2c(c1)O[C@H](c1ccc(O)c(O)c1)[C@@H](O)C2. The van der Waals surface area contributed by atoms with Gasteiger partial charge in [0.1, 0.15) is 76.7 Å². The summed E-state index contributed by atoms with van der Waals surface area (Å²) in [5, 5.41) is 147. The molecule has 3 aliphatic rings. The van der Waals surface area contributed by atoms with E-state index in [0.29, 0.717) is 58.4 Å². The molecule has 3 aliphatic heterocycles. The summed E-state index contributed by atoms with van der Waals surface area (Å²) in [6.45, 7) is 3.79. The largest absolute Gasteiger partial charge is 0.508 e. The van der Waals surface area contributed by atoms with Crippen LogP contribution in [0.15, 0.2) is 91.0 Å². The molecule has 8 atom stereocenters. The zero-order valence-electron chi connectivity index (χ0n) is 39.5. The summed E-state index contributed by atoms with van der Waals surface area (Å²) >= 11 is 0. The molecule has 6 aromatic carbocycles. The Bertz CT molecular complexity index is 2890. The fourth-order valence-corrected chi connectivity index (χ4v) is 8.29. The molecule has 6 aromatic rings. The highest BCUT2D eigenvalue weighted by molar-refractivity contribution is 5.55. The van der Waals surface area contributed by atoms with Gasteiger partial charge in [-0.05, 0) is 65.9 Å². The van der Waals surface area contributed by atoms with Gasteiger partial charge < -0.3 is 100 Å². The molecule has 3 heterocycles. The van der Waals surface area contributed by atoms with Crippen molar-refractivity contribution in [2.45, 2.75) is 94.8 Å². The third-order valence-electron chi connectivity index (χ3n) is 12.4. The second-order valence-electron chi connectivity index (χ2n) is 17.7. The van der Waals surface area contributed by atoms with Crippen molar-refractivity contribution < 1.29 is 100 Å². The molecule has 73 heavy (non-hydrogen) atoms. The Morgan fingerprint density at radius 3 is 1.26 bits per heavy atom. The van der Waals surface area contributed by atoms with Crippen molar-refractivity contribution >= 4 is 0 Å². The summed E-state index contributed by atoms with van der Waals surface area (Å²) in [6.07, 6.45) is -4.21. The van der Waals surface area contributed by atoms with Gasteiger partial charge in [0.15, 0.2) is 40.6 Å². The van der Waals surface area contributed by atoms with E-state index in [1.165, 1.54) is 72.8 Å². The van der Waals surface area contributed by atoms with Gasteiger partial charge in [0, 0.05) is 72.4 Å². The number of fused-ring (bicyclic) bond motifs is 3. The van der Waals surface area contributed by atoms with Crippen LogP contribution < -0.4 is 18.9 Å². The minimum Gasteiger partial charge on any atom is -0.508 e. The molecule has 0 saturated heterocycles. The van der Waals surface area contributed by atoms with E-state index in [1.807, 2.05) is 13.8 Å². The second-order valence-corrected chi connectivity index (χ2v) is 17.7. The van der Waals surface area contributed by atoms with Crippen LogP contribution in [0.2, 0.25) is 0 Å². The molecule has 0 saturated carbocycles. The van der Waals surface area contributed by atoms with Gasteiger partial charge in [0.05, 0.1) is 31.0 Å². The molecule has 0 aromatic heterocycles. The van der Waals surface area contributed by atoms with Crippen molar-refractivity contribution in [2.75, 3.05) is 13.2 Å². The number of rotatable bonds is 11. The van der Waals surface area contributed by atoms with Crippen LogP contribution in [0.4, 0.5) is 0 Å². The van der Waals surface area contributed by atoms with E-state index in [-0.39, 0.29) is 107 Å². The molecule has 390 valence electrons. The molecule has 0 bridgehead atoms. The van der Waals surface area contributed by atoms with E-state index in [0.717, 1.165) is 0 Å². The topological polar surface area (TPSA) is 350 Å². The van der Waals surface area contributed by atoms with E-state index < -0.39 is 48.8 Å². The lowest BCUT2D eigenvalue weighted by molar-refractivity contribution is -0.0677. The molecule has 0 aliphatic carbocycles. The first-order chi connectivity index (χ1) is 34.7. The standard InChI is InChI=1S/2C19H22O7.C15H14O6/c1-2-11(20)9-25-18-5-10(3-4-14(18)22)19-16(24)8-13-15(23)6-12(21)7-17(13)26-19;1-2-11(20)9-25-18-8-13-15(23)6-12(21)7-17(13)26-19(18)10-3-4-14(22)16(24)5-10;16-8-4-11(18)9-6-13(20)15(21-14(9)5-8)7-1-2-10(17)12(19)3-7/h3-7,11,16,19-24H,2,8-9H2,1H3;3-7,11,18-24H,2,8-9H2,1H3;1-5,13,15-20H,6H2/t11?,16-,19+;11?,18-,19+;13-,15+/m000/s1. The van der Waals surface area contributed by atoms with Crippen molar-refractivity contribution in [1.82, 2.24) is 0 Å². The number of aromatic hydroxyl groups is 11. The van der Waals surface area contributed by atoms with Crippen molar-refractivity contribution in [2.24, 2.45) is 0 Å². The second kappa shape index (κ2) is 22.7. The fraction of sp³-hybridized carbons (Fsp3) is 0.321. The van der Waals surface area contributed by atoms with Crippen LogP contribution in [-0.2, 0) is 24.0 Å². The minimum atomic E-state index is -0.934. The lowest BCUT2D eigenvalue weighted by Crippen LogP contribution is -2.35. The zero-order chi connectivity index (χ0) is 52.8. The van der Waals surface area contributed by atoms with Gasteiger partial charge in [-0.1, -0.05) is 32.0 Å². The highest BCUT2D eigenvalue weighted by Gasteiger charge is 2.36. The van der Waals surface area contributed by atoms with E-state index in [4.69, 9.17) is 23.7 Å². The quantitative estimate of drug-likeness (QED) is 0.0674. The zero-order valence-corrected chi connectivity index (χ0v) is 39.5. The molecule has 20 nitrogen and oxygen atoms in total. The molecule has 0 amide bonds. The molecular weight excluding hydrogens is 957 g/mol. The highest BCUT2D eigenvalue weighted by atomic mass is 16.6. The number of benzene rings is 6. The van der Waals surface area contributed by atoms with Crippen LogP contribution in [0.25, 0.3) is 0 Å². The minimum absolute atomic E-state index is 0.0339. The first-order valence-electron chi connectivity index (χ1n) is 23.2. The van der Waals surface area contributed by atoms with Crippen LogP contribution in [0.3, 0.4) is 0 Å². The lowest BCUT2D eigenvalue weighted by atomic mass is 9.93. The summed E-state index contributed by atoms with van der Waals surface area (Å²) in [4.78, 5) is 0. The number of phenolic OH excluding ortho intramolecular Hbond substituents is 11. The number of hydrogen-bond acceptors (Lipinski definition) is 20. The Hall–Kier alpha value is -7.88. The summed E-state index contributed by atoms with van der Waals surface area (Å²) in [5.41, 5.74) is 2.94. The van der Waals surface area contributed by atoms with E-state index in [2.05, 4.69) is 0 Å². The fourth-order valence-electron chi connectivity index (χ4n) is 8.29. The Morgan fingerprint density at radius 2 is 0.822 bits per heavy atom. The number of aliphatic hydroxyl groups excluding tert-OH is 4. The van der Waals surface area contributed by atoms with Gasteiger partial charge in [-0.2, -0.15) is 0 Å². The van der Waals surface area contributed by atoms with Gasteiger partial charge in [-0.3, -0.25) is 0 Å². The predicted molar refractivity (Wildman–Crippen MR) is 258 cm³/mol. The normalized spacial score (nSPS) is 20.3. The maximum Gasteiger partial charge on any atom is 0.161 e. The maximum absolute atomic E-state index is 10.4. The number of aliphatic hydroxyl groups is 4. The molecule has 9 rings (SSSR count). The smallest absolute Gasteiger partial charge is 0.161 e. The highest BCUT2D eigenvalue weighted by Crippen LogP contribution is 2.46. The molecular formula is C53H58O20. The third-order valence-corrected chi connectivity index (χ3v) is 12.4. The van der Waals surface area contributed by atoms with Gasteiger partial charge in [0.2, 0.25) is 0 Å². The Balaban J connectivity index is 0.000000161. The summed E-state index contributed by atoms with van der Waals surface area (Å²) in [6, 6.07) is 20.8. The first kappa shape index (κ1) is 52.9. The summed E-state index contributed by atoms with van der Waals surface area (Å²) in [7, 11) is 0. The third kappa shape index (κ3) is 12.4. The van der Waals surface area contributed by atoms with E-state index in [1.54, 1.807) is 18.2 Å². The molecule has 20 heteroatoms. The van der Waals surface area contributed by atoms with Crippen molar-refractivity contribution in [3.05, 3.63) is 124 Å². The molecule has 0 fully saturated rings. The van der Waals surface area contributed by atoms with Gasteiger partial charge >= 0.3 is 0 Å². The lowest BCUT2D eigenvalue weighted by Gasteiger charge is -2.34. The van der Waals surface area contributed by atoms with Crippen molar-refractivity contribution in [3.8, 4) is 86.2 Å². The summed E-state index contributed by atoms with van der Waals surface area (Å²) < 4.78 is 28.6. The maximum atomic E-state index is 10.4. The predicted octanol–water partition coefficient (Wildman–Crippen LogP) is 5.88. The van der Waals surface area contributed by atoms with E-state index in [9.17, 15) is 76.6 Å². The van der Waals surface area contributed by atoms with Crippen LogP contribution >= 0.6 is 0 Å². The summed E-state index contributed by atoms with van der Waals surface area (Å²) in [5.74, 6) is -0.943. The van der Waals surface area contributed by atoms with Gasteiger partial charge in [-0.15, -0.1) is 0 Å². The Morgan fingerprint density at radius 1 is 0.438 bits per heavy atom. The van der Waals surface area contributed by atoms with Crippen molar-refractivity contribution in [1.29, 1.82) is 0 Å². The number of hydrogen-bond donors (Lipinski definition) is 15. The molecule has 15 N–H and O–H groups in total. The monoisotopic (exact) mass is 1010 g/mol. The van der Waals surface area contributed by atoms with Crippen LogP contribution in [-0.4, -0.2) is 120 Å². The molecule has 2 unspecified atom stereocenters. The van der Waals surface area contributed by atoms with E-state index >= 15 is 0 Å². The van der Waals surface area contributed by atoms with Gasteiger partial charge in [0.25, 0.3) is 0 Å². The Kier molecular flexibility index (Phi) is 16.4. The Labute approximate surface area is 417 Å². The van der Waals surface area contributed by atoms with Crippen LogP contribution in [0, 0.1) is 0 Å². The van der Waals surface area contributed by atoms with Crippen LogP contribution in [0.1, 0.15) is 78.4 Å².